The standard InChI is InChI=1S/C20H26O8/c1-11-8-16(22)26-14-9-12(6-7-13(11)14)27-20(5)19(4,25)18(3,24)17(2,23)15(10-21)28-20/h6-9,15,21,23-25H,10H2,1-5H3/t15-,17-,18-,19+,20+/m0/s1. The molecule has 8 heteroatoms. The fourth-order valence-electron chi connectivity index (χ4n) is 3.68. The molecular weight excluding hydrogens is 368 g/mol. The van der Waals surface area contributed by atoms with Crippen LogP contribution in [0.3, 0.4) is 0 Å². The molecule has 0 aliphatic carbocycles. The first-order valence-corrected chi connectivity index (χ1v) is 8.96. The lowest BCUT2D eigenvalue weighted by atomic mass is 9.65. The number of hydrogen-bond acceptors (Lipinski definition) is 8. The lowest BCUT2D eigenvalue weighted by Gasteiger charge is -2.61. The Bertz CT molecular complexity index is 958. The van der Waals surface area contributed by atoms with Crippen molar-refractivity contribution in [3.63, 3.8) is 0 Å². The summed E-state index contributed by atoms with van der Waals surface area (Å²) in [4.78, 5) is 11.6. The van der Waals surface area contributed by atoms with Gasteiger partial charge in [-0.15, -0.1) is 0 Å². The van der Waals surface area contributed by atoms with Gasteiger partial charge < -0.3 is 34.3 Å². The SMILES string of the molecule is Cc1cc(=O)oc2cc(O[C@]3(C)O[C@@H](CO)[C@](C)(O)[C@](C)(O)[C@@]3(C)O)ccc12. The van der Waals surface area contributed by atoms with Crippen molar-refractivity contribution in [1.29, 1.82) is 0 Å². The summed E-state index contributed by atoms with van der Waals surface area (Å²) >= 11 is 0. The molecule has 28 heavy (non-hydrogen) atoms. The number of aliphatic hydroxyl groups is 4. The first-order valence-electron chi connectivity index (χ1n) is 8.96. The molecule has 0 amide bonds. The van der Waals surface area contributed by atoms with Crippen molar-refractivity contribution < 1.29 is 34.3 Å². The van der Waals surface area contributed by atoms with Gasteiger partial charge in [-0.1, -0.05) is 0 Å². The van der Waals surface area contributed by atoms with Crippen molar-refractivity contribution in [3.05, 3.63) is 40.2 Å². The van der Waals surface area contributed by atoms with Gasteiger partial charge in [0.25, 0.3) is 0 Å². The van der Waals surface area contributed by atoms with Crippen molar-refractivity contribution in [3.8, 4) is 5.75 Å². The Morgan fingerprint density at radius 3 is 2.32 bits per heavy atom. The molecule has 3 rings (SSSR count). The third-order valence-electron chi connectivity index (χ3n) is 6.21. The van der Waals surface area contributed by atoms with Crippen molar-refractivity contribution in [2.24, 2.45) is 0 Å². The maximum Gasteiger partial charge on any atom is 0.336 e. The van der Waals surface area contributed by atoms with Gasteiger partial charge in [0.15, 0.2) is 5.60 Å². The van der Waals surface area contributed by atoms with Gasteiger partial charge in [0.05, 0.1) is 6.61 Å². The molecule has 2 aromatic rings. The second-order valence-electron chi connectivity index (χ2n) is 8.04. The summed E-state index contributed by atoms with van der Waals surface area (Å²) < 4.78 is 16.8. The highest BCUT2D eigenvalue weighted by molar-refractivity contribution is 5.81. The molecule has 1 aliphatic rings. The van der Waals surface area contributed by atoms with E-state index in [2.05, 4.69) is 0 Å². The van der Waals surface area contributed by atoms with E-state index in [1.54, 1.807) is 19.1 Å². The van der Waals surface area contributed by atoms with E-state index >= 15 is 0 Å². The molecule has 0 bridgehead atoms. The third kappa shape index (κ3) is 2.75. The summed E-state index contributed by atoms with van der Waals surface area (Å²) in [6.45, 7) is 6.37. The van der Waals surface area contributed by atoms with Crippen LogP contribution in [0.15, 0.2) is 33.5 Å². The third-order valence-corrected chi connectivity index (χ3v) is 6.21. The molecule has 0 unspecified atom stereocenters. The summed E-state index contributed by atoms with van der Waals surface area (Å²) in [7, 11) is 0. The van der Waals surface area contributed by atoms with Crippen LogP contribution in [-0.2, 0) is 4.74 Å². The zero-order valence-electron chi connectivity index (χ0n) is 16.5. The predicted molar refractivity (Wildman–Crippen MR) is 100 cm³/mol. The fourth-order valence-corrected chi connectivity index (χ4v) is 3.68. The average molecular weight is 394 g/mol. The highest BCUT2D eigenvalue weighted by Crippen LogP contribution is 2.49. The first-order chi connectivity index (χ1) is 12.8. The summed E-state index contributed by atoms with van der Waals surface area (Å²) in [5.74, 6) is -1.64. The summed E-state index contributed by atoms with van der Waals surface area (Å²) in [6, 6.07) is 6.16. The number of hydrogen-bond donors (Lipinski definition) is 4. The van der Waals surface area contributed by atoms with Gasteiger partial charge in [0.2, 0.25) is 5.79 Å². The molecule has 1 saturated heterocycles. The van der Waals surface area contributed by atoms with Crippen LogP contribution in [0.1, 0.15) is 33.3 Å². The summed E-state index contributed by atoms with van der Waals surface area (Å²) in [5.41, 5.74) is -5.61. The van der Waals surface area contributed by atoms with E-state index in [1.807, 2.05) is 0 Å². The van der Waals surface area contributed by atoms with Crippen molar-refractivity contribution in [2.75, 3.05) is 6.61 Å². The average Bonchev–Trinajstić information content (AvgIpc) is 2.57. The van der Waals surface area contributed by atoms with Crippen molar-refractivity contribution >= 4 is 11.0 Å². The van der Waals surface area contributed by atoms with Gasteiger partial charge in [-0.2, -0.15) is 0 Å². The Hall–Kier alpha value is -1.97. The molecule has 5 atom stereocenters. The summed E-state index contributed by atoms with van der Waals surface area (Å²) in [5, 5.41) is 43.1. The molecule has 2 heterocycles. The van der Waals surface area contributed by atoms with Crippen LogP contribution in [-0.4, -0.2) is 55.7 Å². The van der Waals surface area contributed by atoms with Gasteiger partial charge in [0, 0.05) is 24.4 Å². The quantitative estimate of drug-likeness (QED) is 0.564. The number of ether oxygens (including phenoxy) is 2. The summed E-state index contributed by atoms with van der Waals surface area (Å²) in [6.07, 6.45) is -1.23. The van der Waals surface area contributed by atoms with E-state index in [0.29, 0.717) is 5.58 Å². The second-order valence-corrected chi connectivity index (χ2v) is 8.04. The minimum Gasteiger partial charge on any atom is -0.459 e. The first kappa shape index (κ1) is 20.8. The number of benzene rings is 1. The molecule has 1 fully saturated rings. The molecule has 1 aliphatic heterocycles. The predicted octanol–water partition coefficient (Wildman–Crippen LogP) is 0.841. The zero-order valence-corrected chi connectivity index (χ0v) is 16.5. The zero-order chi connectivity index (χ0) is 21.1. The van der Waals surface area contributed by atoms with Gasteiger partial charge in [-0.05, 0) is 45.4 Å². The van der Waals surface area contributed by atoms with Crippen LogP contribution in [0.4, 0.5) is 0 Å². The van der Waals surface area contributed by atoms with E-state index in [-0.39, 0.29) is 5.75 Å². The molecule has 0 radical (unpaired) electrons. The van der Waals surface area contributed by atoms with E-state index in [1.165, 1.54) is 39.8 Å². The van der Waals surface area contributed by atoms with Gasteiger partial charge in [-0.25, -0.2) is 4.79 Å². The van der Waals surface area contributed by atoms with E-state index in [9.17, 15) is 25.2 Å². The normalized spacial score (nSPS) is 38.5. The molecule has 4 N–H and O–H groups in total. The Kier molecular flexibility index (Phi) is 4.64. The monoisotopic (exact) mass is 394 g/mol. The van der Waals surface area contributed by atoms with Crippen LogP contribution in [0.5, 0.6) is 5.75 Å². The number of fused-ring (bicyclic) bond motifs is 1. The maximum atomic E-state index is 11.6. The molecular formula is C20H26O8. The Balaban J connectivity index is 2.07. The van der Waals surface area contributed by atoms with Crippen LogP contribution in [0.25, 0.3) is 11.0 Å². The van der Waals surface area contributed by atoms with Crippen molar-refractivity contribution in [1.82, 2.24) is 0 Å². The lowest BCUT2D eigenvalue weighted by molar-refractivity contribution is -0.415. The molecule has 0 saturated carbocycles. The van der Waals surface area contributed by atoms with Crippen LogP contribution in [0, 0.1) is 6.92 Å². The number of rotatable bonds is 3. The largest absolute Gasteiger partial charge is 0.459 e. The molecule has 8 nitrogen and oxygen atoms in total. The number of aryl methyl sites for hydroxylation is 1. The smallest absolute Gasteiger partial charge is 0.336 e. The van der Waals surface area contributed by atoms with E-state index < -0.39 is 40.9 Å². The van der Waals surface area contributed by atoms with Gasteiger partial charge >= 0.3 is 5.63 Å². The number of aliphatic hydroxyl groups excluding tert-OH is 1. The highest BCUT2D eigenvalue weighted by Gasteiger charge is 2.71. The van der Waals surface area contributed by atoms with Crippen LogP contribution in [0.2, 0.25) is 0 Å². The maximum absolute atomic E-state index is 11.6. The highest BCUT2D eigenvalue weighted by atomic mass is 16.7. The van der Waals surface area contributed by atoms with E-state index in [4.69, 9.17) is 13.9 Å². The van der Waals surface area contributed by atoms with E-state index in [0.717, 1.165) is 10.9 Å². The van der Waals surface area contributed by atoms with Crippen LogP contribution >= 0.6 is 0 Å². The molecule has 154 valence electrons. The fraction of sp³-hybridized carbons (Fsp3) is 0.550. The molecule has 1 aromatic carbocycles. The Morgan fingerprint density at radius 1 is 1.07 bits per heavy atom. The van der Waals surface area contributed by atoms with Gasteiger partial charge in [0.1, 0.15) is 28.6 Å². The van der Waals surface area contributed by atoms with Crippen molar-refractivity contribution in [2.45, 2.75) is 63.3 Å². The minimum absolute atomic E-state index is 0.207. The lowest BCUT2D eigenvalue weighted by Crippen LogP contribution is -2.82. The Labute approximate surface area is 161 Å². The van der Waals surface area contributed by atoms with Gasteiger partial charge in [-0.3, -0.25) is 0 Å². The topological polar surface area (TPSA) is 130 Å². The second kappa shape index (κ2) is 6.27. The van der Waals surface area contributed by atoms with Crippen LogP contribution < -0.4 is 10.4 Å². The molecule has 1 aromatic heterocycles. The minimum atomic E-state index is -2.10. The molecule has 0 spiro atoms. The Morgan fingerprint density at radius 2 is 1.71 bits per heavy atom.